The fourth-order valence-corrected chi connectivity index (χ4v) is 4.57. The maximum Gasteiger partial charge on any atom is 0.230 e. The van der Waals surface area contributed by atoms with Crippen LogP contribution in [0.4, 0.5) is 17.3 Å². The number of hydrogen-bond donors (Lipinski definition) is 1. The van der Waals surface area contributed by atoms with Crippen molar-refractivity contribution in [1.29, 1.82) is 0 Å². The van der Waals surface area contributed by atoms with E-state index in [0.717, 1.165) is 43.2 Å². The highest BCUT2D eigenvalue weighted by Crippen LogP contribution is 2.34. The van der Waals surface area contributed by atoms with Gasteiger partial charge >= 0.3 is 0 Å². The number of hydrogen-bond acceptors (Lipinski definition) is 10. The summed E-state index contributed by atoms with van der Waals surface area (Å²) in [6.07, 6.45) is 1.59. The molecule has 10 nitrogen and oxygen atoms in total. The number of rotatable bonds is 11. The summed E-state index contributed by atoms with van der Waals surface area (Å²) in [5, 5.41) is 3.25. The van der Waals surface area contributed by atoms with Gasteiger partial charge in [-0.05, 0) is 61.0 Å². The van der Waals surface area contributed by atoms with Crippen LogP contribution in [0.25, 0.3) is 0 Å². The maximum absolute atomic E-state index is 13.4. The average molecular weight is 571 g/mol. The molecule has 0 unspecified atom stereocenters. The topological polar surface area (TPSA) is 104 Å². The van der Waals surface area contributed by atoms with Gasteiger partial charge in [-0.3, -0.25) is 4.79 Å². The molecule has 0 radical (unpaired) electrons. The van der Waals surface area contributed by atoms with Crippen molar-refractivity contribution in [3.63, 3.8) is 0 Å². The molecule has 3 aromatic carbocycles. The number of nitrogens with one attached hydrogen (secondary N) is 1. The molecule has 1 fully saturated rings. The Balaban J connectivity index is 1.42. The highest BCUT2D eigenvalue weighted by atomic mass is 16.5. The van der Waals surface area contributed by atoms with Gasteiger partial charge in [0.05, 0.1) is 34.5 Å². The molecule has 5 rings (SSSR count). The van der Waals surface area contributed by atoms with Crippen LogP contribution in [0, 0.1) is 6.92 Å². The molecule has 1 aromatic heterocycles. The summed E-state index contributed by atoms with van der Waals surface area (Å²) < 4.78 is 27.9. The predicted octanol–water partition coefficient (Wildman–Crippen LogP) is 5.61. The third kappa shape index (κ3) is 6.90. The highest BCUT2D eigenvalue weighted by Gasteiger charge is 2.19. The van der Waals surface area contributed by atoms with E-state index in [9.17, 15) is 4.79 Å². The molecule has 218 valence electrons. The molecule has 0 atom stereocenters. The summed E-state index contributed by atoms with van der Waals surface area (Å²) in [5.74, 6) is 2.46. The number of ketones is 1. The first kappa shape index (κ1) is 28.7. The third-order valence-electron chi connectivity index (χ3n) is 6.87. The Hall–Kier alpha value is -4.83. The number of ether oxygens (including phenoxy) is 5. The van der Waals surface area contributed by atoms with Crippen LogP contribution in [0.3, 0.4) is 0 Å². The zero-order valence-electron chi connectivity index (χ0n) is 24.2. The van der Waals surface area contributed by atoms with Crippen molar-refractivity contribution in [3.8, 4) is 28.9 Å². The minimum Gasteiger partial charge on any atom is -0.497 e. The lowest BCUT2D eigenvalue weighted by Crippen LogP contribution is -2.36. The van der Waals surface area contributed by atoms with Gasteiger partial charge < -0.3 is 33.9 Å². The minimum atomic E-state index is -0.170. The summed E-state index contributed by atoms with van der Waals surface area (Å²) in [6, 6.07) is 18.7. The fourth-order valence-electron chi connectivity index (χ4n) is 4.57. The number of carbonyl (C=O) groups is 1. The summed E-state index contributed by atoms with van der Waals surface area (Å²) >= 11 is 0. The summed E-state index contributed by atoms with van der Waals surface area (Å²) in [4.78, 5) is 24.8. The average Bonchev–Trinajstić information content (AvgIpc) is 3.03. The first-order valence-corrected chi connectivity index (χ1v) is 13.6. The van der Waals surface area contributed by atoms with Crippen molar-refractivity contribution in [2.75, 3.05) is 57.8 Å². The van der Waals surface area contributed by atoms with Gasteiger partial charge in [-0.1, -0.05) is 6.07 Å². The minimum absolute atomic E-state index is 0.00560. The van der Waals surface area contributed by atoms with E-state index >= 15 is 0 Å². The first-order chi connectivity index (χ1) is 20.4. The molecule has 1 N–H and O–H groups in total. The molecule has 1 aliphatic heterocycles. The van der Waals surface area contributed by atoms with Crippen LogP contribution in [0.1, 0.15) is 21.5 Å². The van der Waals surface area contributed by atoms with Crippen molar-refractivity contribution in [2.24, 2.45) is 0 Å². The Morgan fingerprint density at radius 3 is 2.29 bits per heavy atom. The lowest BCUT2D eigenvalue weighted by molar-refractivity contribution is 0.0991. The molecule has 42 heavy (non-hydrogen) atoms. The van der Waals surface area contributed by atoms with E-state index in [1.165, 1.54) is 0 Å². The number of anilines is 3. The SMILES string of the molecule is COc1cc(OC)cc(C(=O)Cc2cnc(Nc3ccc(N4CCOCC4)cc3)nc2Oc2ccc(C)cc2OC)c1. The quantitative estimate of drug-likeness (QED) is 0.229. The number of benzene rings is 3. The standard InChI is InChI=1S/C32H34N4O6/c1-21-5-10-29(30(15-21)40-4)42-31-23(18-28(37)22-16-26(38-2)19-27(17-22)39-3)20-33-32(35-31)34-24-6-8-25(9-7-24)36-11-13-41-14-12-36/h5-10,15-17,19-20H,11-14,18H2,1-4H3,(H,33,34,35). The molecule has 10 heteroatoms. The first-order valence-electron chi connectivity index (χ1n) is 13.6. The van der Waals surface area contributed by atoms with Gasteiger partial charge in [0.25, 0.3) is 0 Å². The van der Waals surface area contributed by atoms with Gasteiger partial charge in [-0.15, -0.1) is 0 Å². The Kier molecular flexibility index (Phi) is 9.03. The summed E-state index contributed by atoms with van der Waals surface area (Å²) in [7, 11) is 4.66. The third-order valence-corrected chi connectivity index (χ3v) is 6.87. The van der Waals surface area contributed by atoms with Crippen molar-refractivity contribution < 1.29 is 28.5 Å². The Labute approximate surface area is 245 Å². The fraction of sp³-hybridized carbons (Fsp3) is 0.281. The second-order valence-electron chi connectivity index (χ2n) is 9.75. The normalized spacial score (nSPS) is 12.9. The monoisotopic (exact) mass is 570 g/mol. The summed E-state index contributed by atoms with van der Waals surface area (Å²) in [6.45, 7) is 5.14. The van der Waals surface area contributed by atoms with Crippen LogP contribution in [0.15, 0.2) is 66.9 Å². The number of aromatic nitrogens is 2. The Morgan fingerprint density at radius 2 is 1.62 bits per heavy atom. The van der Waals surface area contributed by atoms with Gasteiger partial charge in [0.2, 0.25) is 11.8 Å². The van der Waals surface area contributed by atoms with Crippen molar-refractivity contribution in [1.82, 2.24) is 9.97 Å². The second kappa shape index (κ2) is 13.2. The number of methoxy groups -OCH3 is 3. The van der Waals surface area contributed by atoms with E-state index < -0.39 is 0 Å². The largest absolute Gasteiger partial charge is 0.497 e. The number of carbonyl (C=O) groups excluding carboxylic acids is 1. The van der Waals surface area contributed by atoms with Crippen LogP contribution in [-0.4, -0.2) is 63.4 Å². The molecule has 4 aromatic rings. The number of aryl methyl sites for hydroxylation is 1. The smallest absolute Gasteiger partial charge is 0.230 e. The Morgan fingerprint density at radius 1 is 0.905 bits per heavy atom. The number of morpholine rings is 1. The number of Topliss-reactive ketones (excluding diaryl/α,β-unsaturated/α-hetero) is 1. The van der Waals surface area contributed by atoms with Crippen molar-refractivity contribution >= 4 is 23.1 Å². The molecular formula is C32H34N4O6. The van der Waals surface area contributed by atoms with Gasteiger partial charge in [-0.25, -0.2) is 4.98 Å². The van der Waals surface area contributed by atoms with Crippen LogP contribution in [-0.2, 0) is 11.2 Å². The molecule has 0 aliphatic carbocycles. The van der Waals surface area contributed by atoms with Crippen LogP contribution in [0.2, 0.25) is 0 Å². The van der Waals surface area contributed by atoms with Crippen LogP contribution < -0.4 is 29.2 Å². The zero-order chi connectivity index (χ0) is 29.5. The van der Waals surface area contributed by atoms with E-state index in [1.54, 1.807) is 45.7 Å². The Bertz CT molecular complexity index is 1510. The van der Waals surface area contributed by atoms with Gasteiger partial charge in [-0.2, -0.15) is 4.98 Å². The lowest BCUT2D eigenvalue weighted by atomic mass is 10.0. The molecule has 0 amide bonds. The van der Waals surface area contributed by atoms with Crippen LogP contribution >= 0.6 is 0 Å². The van der Waals surface area contributed by atoms with Gasteiger partial charge in [0.1, 0.15) is 11.5 Å². The van der Waals surface area contributed by atoms with E-state index in [4.69, 9.17) is 23.7 Å². The van der Waals surface area contributed by atoms with E-state index in [-0.39, 0.29) is 18.1 Å². The molecule has 0 saturated carbocycles. The lowest BCUT2D eigenvalue weighted by Gasteiger charge is -2.28. The number of nitrogens with zero attached hydrogens (tertiary/aromatic N) is 3. The van der Waals surface area contributed by atoms with E-state index in [2.05, 4.69) is 32.3 Å². The maximum atomic E-state index is 13.4. The predicted molar refractivity (Wildman–Crippen MR) is 160 cm³/mol. The van der Waals surface area contributed by atoms with E-state index in [0.29, 0.717) is 40.1 Å². The second-order valence-corrected chi connectivity index (χ2v) is 9.75. The van der Waals surface area contributed by atoms with E-state index in [1.807, 2.05) is 37.3 Å². The zero-order valence-corrected chi connectivity index (χ0v) is 24.2. The molecule has 0 bridgehead atoms. The van der Waals surface area contributed by atoms with Crippen LogP contribution in [0.5, 0.6) is 28.9 Å². The van der Waals surface area contributed by atoms with Gasteiger partial charge in [0, 0.05) is 54.3 Å². The molecule has 1 saturated heterocycles. The molecular weight excluding hydrogens is 536 g/mol. The van der Waals surface area contributed by atoms with Crippen molar-refractivity contribution in [2.45, 2.75) is 13.3 Å². The molecule has 0 spiro atoms. The highest BCUT2D eigenvalue weighted by molar-refractivity contribution is 5.98. The molecule has 2 heterocycles. The van der Waals surface area contributed by atoms with Gasteiger partial charge in [0.15, 0.2) is 17.3 Å². The van der Waals surface area contributed by atoms with Crippen molar-refractivity contribution in [3.05, 3.63) is 83.6 Å². The summed E-state index contributed by atoms with van der Waals surface area (Å²) in [5.41, 5.74) is 3.92. The molecule has 1 aliphatic rings.